The van der Waals surface area contributed by atoms with Crippen LogP contribution in [0.2, 0.25) is 5.82 Å². The zero-order valence-electron chi connectivity index (χ0n) is 21.1. The van der Waals surface area contributed by atoms with Crippen molar-refractivity contribution >= 4 is 19.9 Å². The van der Waals surface area contributed by atoms with E-state index in [0.717, 1.165) is 28.1 Å². The maximum Gasteiger partial charge on any atom is 0.129 e. The number of benzene rings is 1. The molecular weight excluding hydrogens is 430 g/mol. The first kappa shape index (κ1) is 24.4. The first-order chi connectivity index (χ1) is 16.8. The van der Waals surface area contributed by atoms with Crippen LogP contribution in [0.25, 0.3) is 5.76 Å². The Kier molecular flexibility index (Phi) is 8.37. The summed E-state index contributed by atoms with van der Waals surface area (Å²) in [4.78, 5) is 0. The van der Waals surface area contributed by atoms with Crippen LogP contribution in [0.5, 0.6) is 0 Å². The lowest BCUT2D eigenvalue weighted by Gasteiger charge is -2.59. The quantitative estimate of drug-likeness (QED) is 0.247. The van der Waals surface area contributed by atoms with Crippen molar-refractivity contribution in [2.45, 2.75) is 119 Å². The van der Waals surface area contributed by atoms with Crippen LogP contribution < -0.4 is 0 Å². The normalized spacial score (nSPS) is 25.5. The van der Waals surface area contributed by atoms with Gasteiger partial charge in [-0.15, -0.1) is 18.0 Å². The summed E-state index contributed by atoms with van der Waals surface area (Å²) in [6.07, 6.45) is 31.4. The third-order valence-electron chi connectivity index (χ3n) is 9.37. The standard InChI is InChI=1S/C31H43BOP/c33-31(25-13-5-1-6-14-25)26-21-23-27(24-22-26)32-34(28-15-7-2-8-16-28,29-17-9-3-10-18-29)30-19-11-4-12-20-30/h1,5-6,13-14,21-24,27-30H,2-4,7-12,15-20H2/q-1/p+1. The van der Waals surface area contributed by atoms with Gasteiger partial charge >= 0.3 is 0 Å². The molecule has 0 aromatic heterocycles. The Hall–Kier alpha value is -1.27. The third kappa shape index (κ3) is 5.28. The second kappa shape index (κ2) is 11.6. The minimum atomic E-state index is -1.20. The zero-order chi connectivity index (χ0) is 23.2. The minimum absolute atomic E-state index is 0.402. The van der Waals surface area contributed by atoms with Gasteiger partial charge < -0.3 is 5.11 Å². The molecule has 2 radical (unpaired) electrons. The Morgan fingerprint density at radius 2 is 1.09 bits per heavy atom. The minimum Gasteiger partial charge on any atom is -0.507 e. The van der Waals surface area contributed by atoms with E-state index < -0.39 is 7.14 Å². The monoisotopic (exact) mass is 474 g/mol. The number of rotatable bonds is 6. The molecule has 4 aliphatic rings. The van der Waals surface area contributed by atoms with Crippen molar-refractivity contribution in [3.8, 4) is 0 Å². The van der Waals surface area contributed by atoms with Gasteiger partial charge in [-0.25, -0.2) is 7.14 Å². The summed E-state index contributed by atoms with van der Waals surface area (Å²) in [5.41, 5.74) is 4.83. The molecule has 1 N–H and O–H groups in total. The number of allylic oxidation sites excluding steroid dienone is 5. The summed E-state index contributed by atoms with van der Waals surface area (Å²) in [6, 6.07) is 9.98. The molecule has 182 valence electrons. The molecule has 0 aliphatic heterocycles. The summed E-state index contributed by atoms with van der Waals surface area (Å²) in [5, 5.41) is 10.8. The van der Waals surface area contributed by atoms with E-state index in [-0.39, 0.29) is 0 Å². The van der Waals surface area contributed by atoms with Gasteiger partial charge in [0.05, 0.1) is 0 Å². The summed E-state index contributed by atoms with van der Waals surface area (Å²) in [7, 11) is -1.20. The molecule has 0 spiro atoms. The predicted octanol–water partition coefficient (Wildman–Crippen LogP) is 9.51. The second-order valence-corrected chi connectivity index (χ2v) is 15.7. The van der Waals surface area contributed by atoms with E-state index in [1.54, 1.807) is 0 Å². The molecule has 1 aromatic rings. The van der Waals surface area contributed by atoms with Gasteiger partial charge in [0.15, 0.2) is 0 Å². The fourth-order valence-electron chi connectivity index (χ4n) is 7.71. The number of aliphatic hydroxyl groups is 1. The Balaban J connectivity index is 1.44. The van der Waals surface area contributed by atoms with E-state index in [4.69, 9.17) is 0 Å². The van der Waals surface area contributed by atoms with Gasteiger partial charge in [-0.1, -0.05) is 68.7 Å². The summed E-state index contributed by atoms with van der Waals surface area (Å²) in [6.45, 7) is 2.98. The summed E-state index contributed by atoms with van der Waals surface area (Å²) < 4.78 is 0. The van der Waals surface area contributed by atoms with Crippen LogP contribution in [-0.2, 0) is 0 Å². The van der Waals surface area contributed by atoms with Crippen molar-refractivity contribution in [2.24, 2.45) is 0 Å². The molecule has 3 heteroatoms. The Bertz CT molecular complexity index is 808. The Labute approximate surface area is 209 Å². The van der Waals surface area contributed by atoms with Crippen molar-refractivity contribution in [3.63, 3.8) is 0 Å². The Morgan fingerprint density at radius 3 is 1.53 bits per heavy atom. The molecule has 0 atom stereocenters. The van der Waals surface area contributed by atoms with Gasteiger partial charge in [-0.3, -0.25) is 0 Å². The molecule has 0 amide bonds. The van der Waals surface area contributed by atoms with Crippen LogP contribution in [0.4, 0.5) is 0 Å². The molecular formula is C31H44BOP. The molecule has 4 aliphatic carbocycles. The molecule has 3 fully saturated rings. The van der Waals surface area contributed by atoms with E-state index in [1.165, 1.54) is 96.3 Å². The number of hydrogen-bond acceptors (Lipinski definition) is 1. The smallest absolute Gasteiger partial charge is 0.129 e. The maximum atomic E-state index is 10.8. The molecule has 0 saturated heterocycles. The molecule has 0 heterocycles. The maximum absolute atomic E-state index is 10.8. The first-order valence-electron chi connectivity index (χ1n) is 14.4. The van der Waals surface area contributed by atoms with Gasteiger partial charge in [0.25, 0.3) is 0 Å². The fourth-order valence-corrected chi connectivity index (χ4v) is 14.8. The van der Waals surface area contributed by atoms with E-state index in [1.807, 2.05) is 30.3 Å². The van der Waals surface area contributed by atoms with Crippen LogP contribution in [0.3, 0.4) is 0 Å². The zero-order valence-corrected chi connectivity index (χ0v) is 22.0. The van der Waals surface area contributed by atoms with Gasteiger partial charge in [0.1, 0.15) is 5.76 Å². The lowest BCUT2D eigenvalue weighted by Crippen LogP contribution is -2.39. The molecule has 0 bridgehead atoms. The van der Waals surface area contributed by atoms with E-state index in [2.05, 4.69) is 31.3 Å². The highest BCUT2D eigenvalue weighted by molar-refractivity contribution is 8.02. The van der Waals surface area contributed by atoms with E-state index in [0.29, 0.717) is 11.6 Å². The van der Waals surface area contributed by atoms with Crippen molar-refractivity contribution in [2.75, 3.05) is 0 Å². The molecule has 1 nitrogen and oxygen atoms in total. The highest BCUT2D eigenvalue weighted by atomic mass is 31.2. The van der Waals surface area contributed by atoms with Crippen LogP contribution in [0.15, 0.2) is 60.2 Å². The number of aliphatic hydroxyl groups excluding tert-OH is 1. The average molecular weight is 474 g/mol. The van der Waals surface area contributed by atoms with Crippen molar-refractivity contribution in [3.05, 3.63) is 65.8 Å². The number of hydrogen-bond donors (Lipinski definition) is 1. The van der Waals surface area contributed by atoms with Gasteiger partial charge in [0, 0.05) is 28.1 Å². The van der Waals surface area contributed by atoms with Gasteiger partial charge in [-0.2, -0.15) is 0 Å². The second-order valence-electron chi connectivity index (χ2n) is 11.4. The lowest BCUT2D eigenvalue weighted by atomic mass is 9.81. The van der Waals surface area contributed by atoms with Gasteiger partial charge in [-0.05, 0) is 77.0 Å². The largest absolute Gasteiger partial charge is 0.507 e. The van der Waals surface area contributed by atoms with Crippen molar-refractivity contribution in [1.82, 2.24) is 0 Å². The molecule has 0 unspecified atom stereocenters. The SMILES string of the molecule is OC(=C1C=CC([B-][P+](C2CCCCC2)(C2CCCCC2)C2CCCCC2)C=C1)c1ccccc1. The molecule has 34 heavy (non-hydrogen) atoms. The van der Waals surface area contributed by atoms with Crippen LogP contribution in [0.1, 0.15) is 102 Å². The summed E-state index contributed by atoms with van der Waals surface area (Å²) >= 11 is 0. The predicted molar refractivity (Wildman–Crippen MR) is 151 cm³/mol. The Morgan fingerprint density at radius 1 is 0.647 bits per heavy atom. The molecule has 5 rings (SSSR count). The van der Waals surface area contributed by atoms with Crippen LogP contribution >= 0.6 is 7.14 Å². The van der Waals surface area contributed by atoms with Crippen LogP contribution in [0, 0.1) is 0 Å². The molecule has 1 aromatic carbocycles. The van der Waals surface area contributed by atoms with E-state index in [9.17, 15) is 5.11 Å². The van der Waals surface area contributed by atoms with Crippen molar-refractivity contribution in [1.29, 1.82) is 0 Å². The molecule has 3 saturated carbocycles. The third-order valence-corrected chi connectivity index (χ3v) is 15.6. The highest BCUT2D eigenvalue weighted by Crippen LogP contribution is 2.77. The van der Waals surface area contributed by atoms with Crippen LogP contribution in [-0.4, -0.2) is 29.1 Å². The van der Waals surface area contributed by atoms with Crippen molar-refractivity contribution < 1.29 is 5.11 Å². The average Bonchev–Trinajstić information content (AvgIpc) is 2.94. The lowest BCUT2D eigenvalue weighted by molar-refractivity contribution is 0.457. The topological polar surface area (TPSA) is 20.2 Å². The van der Waals surface area contributed by atoms with E-state index >= 15 is 0 Å². The fraction of sp³-hybridized carbons (Fsp3) is 0.613. The highest BCUT2D eigenvalue weighted by Gasteiger charge is 2.48. The first-order valence-corrected chi connectivity index (χ1v) is 16.4. The van der Waals surface area contributed by atoms with Gasteiger partial charge in [0.2, 0.25) is 0 Å². The summed E-state index contributed by atoms with van der Waals surface area (Å²) in [5.74, 6) is 0.839.